The molecule has 0 aliphatic carbocycles. The second-order valence-electron chi connectivity index (χ2n) is 7.49. The molecule has 0 fully saturated rings. The van der Waals surface area contributed by atoms with Crippen LogP contribution in [0.4, 0.5) is 0 Å². The summed E-state index contributed by atoms with van der Waals surface area (Å²) in [5.74, 6) is 0. The number of unbranched alkanes of at least 4 members (excludes halogenated alkanes) is 4. The molecule has 3 rings (SSSR count). The predicted octanol–water partition coefficient (Wildman–Crippen LogP) is 6.48. The standard InChI is InChI=1S/C22H32N2O2/c1-3-5-7-9-19-15-21(25-23-19)17-11-13-18(14-12-17)22-16-20(24-26-22)10-8-6-4-2/h11-14,21-22H,3-10,15-16H2,1-2H3/t21-,22+. The van der Waals surface area contributed by atoms with Gasteiger partial charge in [0, 0.05) is 12.8 Å². The molecule has 0 aromatic heterocycles. The highest BCUT2D eigenvalue weighted by molar-refractivity contribution is 5.86. The predicted molar refractivity (Wildman–Crippen MR) is 106 cm³/mol. The molecular formula is C22H32N2O2. The Labute approximate surface area is 157 Å². The number of hydrogen-bond donors (Lipinski definition) is 0. The average Bonchev–Trinajstić information content (AvgIpc) is 3.32. The van der Waals surface area contributed by atoms with E-state index in [9.17, 15) is 0 Å². The van der Waals surface area contributed by atoms with Crippen LogP contribution < -0.4 is 0 Å². The van der Waals surface area contributed by atoms with E-state index < -0.39 is 0 Å². The van der Waals surface area contributed by atoms with Gasteiger partial charge in [0.1, 0.15) is 0 Å². The van der Waals surface area contributed by atoms with Gasteiger partial charge in [0.25, 0.3) is 0 Å². The first kappa shape index (κ1) is 18.9. The molecule has 0 radical (unpaired) electrons. The molecule has 0 spiro atoms. The van der Waals surface area contributed by atoms with Gasteiger partial charge in [0.05, 0.1) is 11.4 Å². The highest BCUT2D eigenvalue weighted by Crippen LogP contribution is 2.32. The first-order valence-electron chi connectivity index (χ1n) is 10.3. The molecular weight excluding hydrogens is 324 g/mol. The third-order valence-electron chi connectivity index (χ3n) is 5.28. The molecule has 26 heavy (non-hydrogen) atoms. The van der Waals surface area contributed by atoms with Crippen LogP contribution in [-0.4, -0.2) is 11.4 Å². The average molecular weight is 357 g/mol. The zero-order chi connectivity index (χ0) is 18.2. The third kappa shape index (κ3) is 5.09. The summed E-state index contributed by atoms with van der Waals surface area (Å²) in [7, 11) is 0. The maximum absolute atomic E-state index is 5.65. The zero-order valence-corrected chi connectivity index (χ0v) is 16.2. The summed E-state index contributed by atoms with van der Waals surface area (Å²) in [6.07, 6.45) is 11.6. The zero-order valence-electron chi connectivity index (χ0n) is 16.2. The first-order chi connectivity index (χ1) is 12.8. The molecule has 1 aromatic carbocycles. The normalized spacial score (nSPS) is 21.9. The summed E-state index contributed by atoms with van der Waals surface area (Å²) >= 11 is 0. The Balaban J connectivity index is 1.46. The molecule has 0 saturated carbocycles. The van der Waals surface area contributed by atoms with Gasteiger partial charge in [-0.1, -0.05) is 74.1 Å². The number of nitrogens with zero attached hydrogens (tertiary/aromatic N) is 2. The fraction of sp³-hybridized carbons (Fsp3) is 0.636. The van der Waals surface area contributed by atoms with Crippen molar-refractivity contribution in [1.82, 2.24) is 0 Å². The van der Waals surface area contributed by atoms with Crippen LogP contribution in [-0.2, 0) is 9.68 Å². The van der Waals surface area contributed by atoms with Gasteiger partial charge in [-0.15, -0.1) is 0 Å². The fourth-order valence-electron chi connectivity index (χ4n) is 3.59. The molecule has 2 heterocycles. The summed E-state index contributed by atoms with van der Waals surface area (Å²) in [6.45, 7) is 4.45. The summed E-state index contributed by atoms with van der Waals surface area (Å²) in [5, 5.41) is 8.57. The van der Waals surface area contributed by atoms with Crippen LogP contribution >= 0.6 is 0 Å². The third-order valence-corrected chi connectivity index (χ3v) is 5.28. The van der Waals surface area contributed by atoms with Crippen LogP contribution in [0, 0.1) is 0 Å². The fourth-order valence-corrected chi connectivity index (χ4v) is 3.59. The van der Waals surface area contributed by atoms with E-state index in [0.29, 0.717) is 0 Å². The van der Waals surface area contributed by atoms with Crippen molar-refractivity contribution in [2.75, 3.05) is 0 Å². The molecule has 4 nitrogen and oxygen atoms in total. The molecule has 0 bridgehead atoms. The van der Waals surface area contributed by atoms with Crippen molar-refractivity contribution in [3.05, 3.63) is 35.4 Å². The van der Waals surface area contributed by atoms with Crippen LogP contribution in [0.1, 0.15) is 101 Å². The summed E-state index contributed by atoms with van der Waals surface area (Å²) in [4.78, 5) is 11.3. The van der Waals surface area contributed by atoms with Crippen molar-refractivity contribution >= 4 is 11.4 Å². The largest absolute Gasteiger partial charge is 0.387 e. The molecule has 2 aliphatic heterocycles. The van der Waals surface area contributed by atoms with Crippen LogP contribution in [0.15, 0.2) is 34.6 Å². The Bertz CT molecular complexity index is 567. The van der Waals surface area contributed by atoms with Gasteiger partial charge >= 0.3 is 0 Å². The topological polar surface area (TPSA) is 43.2 Å². The minimum absolute atomic E-state index is 0.0750. The maximum Gasteiger partial charge on any atom is 0.157 e. The van der Waals surface area contributed by atoms with Crippen molar-refractivity contribution < 1.29 is 9.68 Å². The van der Waals surface area contributed by atoms with E-state index in [0.717, 1.165) is 25.7 Å². The maximum atomic E-state index is 5.65. The molecule has 0 unspecified atom stereocenters. The molecule has 0 amide bonds. The highest BCUT2D eigenvalue weighted by atomic mass is 16.6. The van der Waals surface area contributed by atoms with E-state index in [2.05, 4.69) is 48.4 Å². The van der Waals surface area contributed by atoms with Crippen LogP contribution in [0.3, 0.4) is 0 Å². The molecule has 4 heteroatoms. The lowest BCUT2D eigenvalue weighted by molar-refractivity contribution is 0.0832. The SMILES string of the molecule is CCCCCC1=NO[C@H](c2ccc([C@H]3CC(CCCCC)=NO3)cc2)C1. The first-order valence-corrected chi connectivity index (χ1v) is 10.3. The Hall–Kier alpha value is -1.84. The lowest BCUT2D eigenvalue weighted by Gasteiger charge is -2.12. The Morgan fingerprint density at radius 2 is 1.15 bits per heavy atom. The van der Waals surface area contributed by atoms with Crippen molar-refractivity contribution in [2.24, 2.45) is 10.3 Å². The van der Waals surface area contributed by atoms with E-state index in [1.54, 1.807) is 0 Å². The summed E-state index contributed by atoms with van der Waals surface area (Å²) < 4.78 is 0. The number of oxime groups is 2. The van der Waals surface area contributed by atoms with Crippen molar-refractivity contribution in [1.29, 1.82) is 0 Å². The van der Waals surface area contributed by atoms with Gasteiger partial charge in [-0.3, -0.25) is 0 Å². The highest BCUT2D eigenvalue weighted by Gasteiger charge is 2.25. The van der Waals surface area contributed by atoms with E-state index in [-0.39, 0.29) is 12.2 Å². The number of hydrogen-bond acceptors (Lipinski definition) is 4. The van der Waals surface area contributed by atoms with Gasteiger partial charge in [-0.05, 0) is 36.8 Å². The molecule has 0 N–H and O–H groups in total. The van der Waals surface area contributed by atoms with E-state index in [1.165, 1.54) is 61.1 Å². The smallest absolute Gasteiger partial charge is 0.157 e. The minimum atomic E-state index is 0.0750. The second-order valence-corrected chi connectivity index (χ2v) is 7.49. The quantitative estimate of drug-likeness (QED) is 0.450. The van der Waals surface area contributed by atoms with Crippen molar-refractivity contribution in [3.8, 4) is 0 Å². The Morgan fingerprint density at radius 1 is 0.731 bits per heavy atom. The lowest BCUT2D eigenvalue weighted by Crippen LogP contribution is -2.03. The Morgan fingerprint density at radius 3 is 1.54 bits per heavy atom. The summed E-state index contributed by atoms with van der Waals surface area (Å²) in [6, 6.07) is 8.62. The van der Waals surface area contributed by atoms with Crippen molar-refractivity contribution in [2.45, 2.75) is 90.3 Å². The van der Waals surface area contributed by atoms with E-state index in [4.69, 9.17) is 9.68 Å². The minimum Gasteiger partial charge on any atom is -0.387 e. The Kier molecular flexibility index (Phi) is 7.10. The van der Waals surface area contributed by atoms with Gasteiger partial charge in [0.15, 0.2) is 12.2 Å². The van der Waals surface area contributed by atoms with Crippen LogP contribution in [0.25, 0.3) is 0 Å². The van der Waals surface area contributed by atoms with E-state index in [1.807, 2.05) is 0 Å². The number of benzene rings is 1. The van der Waals surface area contributed by atoms with Crippen LogP contribution in [0.5, 0.6) is 0 Å². The molecule has 0 saturated heterocycles. The van der Waals surface area contributed by atoms with Crippen LogP contribution in [0.2, 0.25) is 0 Å². The number of rotatable bonds is 10. The van der Waals surface area contributed by atoms with Crippen molar-refractivity contribution in [3.63, 3.8) is 0 Å². The monoisotopic (exact) mass is 356 g/mol. The van der Waals surface area contributed by atoms with Gasteiger partial charge in [0.2, 0.25) is 0 Å². The van der Waals surface area contributed by atoms with Gasteiger partial charge < -0.3 is 9.68 Å². The van der Waals surface area contributed by atoms with Gasteiger partial charge in [-0.25, -0.2) is 0 Å². The second kappa shape index (κ2) is 9.75. The molecule has 142 valence electrons. The van der Waals surface area contributed by atoms with Gasteiger partial charge in [-0.2, -0.15) is 0 Å². The van der Waals surface area contributed by atoms with E-state index >= 15 is 0 Å². The molecule has 1 aromatic rings. The molecule has 2 aliphatic rings. The lowest BCUT2D eigenvalue weighted by atomic mass is 9.97. The summed E-state index contributed by atoms with van der Waals surface area (Å²) in [5.41, 5.74) is 4.81. The molecule has 2 atom stereocenters.